The number of rotatable bonds is 5. The van der Waals surface area contributed by atoms with Crippen molar-refractivity contribution in [1.29, 1.82) is 0 Å². The van der Waals surface area contributed by atoms with E-state index in [1.807, 2.05) is 6.92 Å². The molecule has 0 bridgehead atoms. The average molecular weight is 174 g/mol. The van der Waals surface area contributed by atoms with E-state index in [1.54, 1.807) is 13.8 Å². The first kappa shape index (κ1) is 11.4. The van der Waals surface area contributed by atoms with Crippen LogP contribution in [-0.2, 0) is 9.53 Å². The summed E-state index contributed by atoms with van der Waals surface area (Å²) in [5.41, 5.74) is 0. The fraction of sp³-hybridized carbons (Fsp3) is 0.889. The Hall–Kier alpha value is -0.570. The highest BCUT2D eigenvalue weighted by Crippen LogP contribution is 2.03. The van der Waals surface area contributed by atoms with E-state index >= 15 is 0 Å². The average Bonchev–Trinajstić information content (AvgIpc) is 2.00. The van der Waals surface area contributed by atoms with Gasteiger partial charge in [0.1, 0.15) is 0 Å². The largest absolute Gasteiger partial charge is 0.465 e. The summed E-state index contributed by atoms with van der Waals surface area (Å²) >= 11 is 0. The van der Waals surface area contributed by atoms with Crippen molar-refractivity contribution in [2.24, 2.45) is 11.8 Å². The van der Waals surface area contributed by atoms with E-state index in [2.05, 4.69) is 0 Å². The number of carbonyl (C=O) groups is 1. The van der Waals surface area contributed by atoms with E-state index in [-0.39, 0.29) is 24.4 Å². The first-order chi connectivity index (χ1) is 5.57. The molecule has 1 N–H and O–H groups in total. The number of aliphatic hydroxyl groups is 1. The molecule has 0 amide bonds. The molecule has 0 aromatic heterocycles. The van der Waals surface area contributed by atoms with Crippen LogP contribution >= 0.6 is 0 Å². The van der Waals surface area contributed by atoms with Crippen LogP contribution in [0.5, 0.6) is 0 Å². The highest BCUT2D eigenvalue weighted by atomic mass is 16.5. The zero-order valence-electron chi connectivity index (χ0n) is 8.04. The Kier molecular flexibility index (Phi) is 5.72. The van der Waals surface area contributed by atoms with Crippen LogP contribution in [0.1, 0.15) is 27.2 Å². The van der Waals surface area contributed by atoms with Crippen LogP contribution in [0.15, 0.2) is 0 Å². The fourth-order valence-electron chi connectivity index (χ4n) is 0.695. The number of hydrogen-bond donors (Lipinski definition) is 1. The van der Waals surface area contributed by atoms with Crippen molar-refractivity contribution in [3.8, 4) is 0 Å². The van der Waals surface area contributed by atoms with Gasteiger partial charge in [0, 0.05) is 6.61 Å². The van der Waals surface area contributed by atoms with E-state index in [0.717, 1.165) is 0 Å². The Morgan fingerprint density at radius 3 is 2.42 bits per heavy atom. The maximum atomic E-state index is 11.0. The third kappa shape index (κ3) is 5.13. The molecule has 1 atom stereocenters. The van der Waals surface area contributed by atoms with Gasteiger partial charge in [-0.25, -0.2) is 0 Å². The van der Waals surface area contributed by atoms with Crippen LogP contribution in [0.2, 0.25) is 0 Å². The van der Waals surface area contributed by atoms with Crippen LogP contribution in [0, 0.1) is 11.8 Å². The Balaban J connectivity index is 3.47. The third-order valence-corrected chi connectivity index (χ3v) is 1.60. The van der Waals surface area contributed by atoms with Gasteiger partial charge in [-0.2, -0.15) is 0 Å². The number of ether oxygens (including phenoxy) is 1. The van der Waals surface area contributed by atoms with Gasteiger partial charge in [-0.05, 0) is 12.3 Å². The SMILES string of the molecule is CC(CCO)COC(=O)C(C)C. The lowest BCUT2D eigenvalue weighted by atomic mass is 10.1. The van der Waals surface area contributed by atoms with E-state index in [4.69, 9.17) is 9.84 Å². The minimum absolute atomic E-state index is 0.0636. The molecule has 0 saturated carbocycles. The molecule has 0 aromatic carbocycles. The van der Waals surface area contributed by atoms with Crippen molar-refractivity contribution in [3.05, 3.63) is 0 Å². The lowest BCUT2D eigenvalue weighted by Crippen LogP contribution is -2.16. The molecule has 0 spiro atoms. The van der Waals surface area contributed by atoms with Gasteiger partial charge in [0.25, 0.3) is 0 Å². The van der Waals surface area contributed by atoms with Crippen molar-refractivity contribution in [2.75, 3.05) is 13.2 Å². The normalized spacial score (nSPS) is 13.1. The third-order valence-electron chi connectivity index (χ3n) is 1.60. The van der Waals surface area contributed by atoms with E-state index in [9.17, 15) is 4.79 Å². The van der Waals surface area contributed by atoms with Gasteiger partial charge >= 0.3 is 5.97 Å². The first-order valence-electron chi connectivity index (χ1n) is 4.35. The molecule has 3 heteroatoms. The fourth-order valence-corrected chi connectivity index (χ4v) is 0.695. The number of esters is 1. The quantitative estimate of drug-likeness (QED) is 0.637. The molecule has 0 fully saturated rings. The van der Waals surface area contributed by atoms with Crippen molar-refractivity contribution in [1.82, 2.24) is 0 Å². The number of aliphatic hydroxyl groups excluding tert-OH is 1. The molecule has 0 saturated heterocycles. The van der Waals surface area contributed by atoms with Gasteiger partial charge < -0.3 is 9.84 Å². The zero-order valence-corrected chi connectivity index (χ0v) is 8.04. The monoisotopic (exact) mass is 174 g/mol. The zero-order chi connectivity index (χ0) is 9.56. The molecular formula is C9H18O3. The molecule has 0 aliphatic carbocycles. The smallest absolute Gasteiger partial charge is 0.308 e. The second-order valence-corrected chi connectivity index (χ2v) is 3.40. The van der Waals surface area contributed by atoms with E-state index < -0.39 is 0 Å². The van der Waals surface area contributed by atoms with E-state index in [1.165, 1.54) is 0 Å². The first-order valence-corrected chi connectivity index (χ1v) is 4.35. The van der Waals surface area contributed by atoms with Crippen molar-refractivity contribution < 1.29 is 14.6 Å². The van der Waals surface area contributed by atoms with Gasteiger partial charge in [-0.3, -0.25) is 4.79 Å². The molecule has 72 valence electrons. The van der Waals surface area contributed by atoms with Gasteiger partial charge in [-0.1, -0.05) is 20.8 Å². The molecule has 3 nitrogen and oxygen atoms in total. The molecule has 0 aliphatic heterocycles. The Morgan fingerprint density at radius 2 is 2.00 bits per heavy atom. The molecule has 12 heavy (non-hydrogen) atoms. The van der Waals surface area contributed by atoms with Gasteiger partial charge in [0.2, 0.25) is 0 Å². The van der Waals surface area contributed by atoms with Crippen LogP contribution in [0.3, 0.4) is 0 Å². The second-order valence-electron chi connectivity index (χ2n) is 3.40. The predicted octanol–water partition coefficient (Wildman–Crippen LogP) is 1.20. The van der Waals surface area contributed by atoms with Crippen LogP contribution in [0.25, 0.3) is 0 Å². The summed E-state index contributed by atoms with van der Waals surface area (Å²) in [7, 11) is 0. The lowest BCUT2D eigenvalue weighted by Gasteiger charge is -2.11. The van der Waals surface area contributed by atoms with Crippen LogP contribution in [-0.4, -0.2) is 24.3 Å². The summed E-state index contributed by atoms with van der Waals surface area (Å²) < 4.78 is 4.97. The van der Waals surface area contributed by atoms with Crippen molar-refractivity contribution in [2.45, 2.75) is 27.2 Å². The highest BCUT2D eigenvalue weighted by molar-refractivity contribution is 5.71. The molecule has 0 radical (unpaired) electrons. The minimum Gasteiger partial charge on any atom is -0.465 e. The molecule has 0 rings (SSSR count). The summed E-state index contributed by atoms with van der Waals surface area (Å²) in [6.45, 7) is 6.12. The van der Waals surface area contributed by atoms with Gasteiger partial charge in [0.05, 0.1) is 12.5 Å². The van der Waals surface area contributed by atoms with Gasteiger partial charge in [-0.15, -0.1) is 0 Å². The van der Waals surface area contributed by atoms with Crippen LogP contribution in [0.4, 0.5) is 0 Å². The standard InChI is InChI=1S/C9H18O3/c1-7(2)9(11)12-6-8(3)4-5-10/h7-8,10H,4-6H2,1-3H3. The molecule has 0 aliphatic rings. The summed E-state index contributed by atoms with van der Waals surface area (Å²) in [6, 6.07) is 0. The molecule has 0 heterocycles. The summed E-state index contributed by atoms with van der Waals surface area (Å²) in [5.74, 6) is 0.0174. The Bertz CT molecular complexity index is 132. The highest BCUT2D eigenvalue weighted by Gasteiger charge is 2.10. The molecular weight excluding hydrogens is 156 g/mol. The number of carbonyl (C=O) groups excluding carboxylic acids is 1. The summed E-state index contributed by atoms with van der Waals surface area (Å²) in [4.78, 5) is 11.0. The number of hydrogen-bond acceptors (Lipinski definition) is 3. The lowest BCUT2D eigenvalue weighted by molar-refractivity contribution is -0.148. The maximum absolute atomic E-state index is 11.0. The molecule has 0 aromatic rings. The summed E-state index contributed by atoms with van der Waals surface area (Å²) in [6.07, 6.45) is 0.686. The summed E-state index contributed by atoms with van der Waals surface area (Å²) in [5, 5.41) is 8.57. The van der Waals surface area contributed by atoms with Crippen LogP contribution < -0.4 is 0 Å². The maximum Gasteiger partial charge on any atom is 0.308 e. The second kappa shape index (κ2) is 6.00. The van der Waals surface area contributed by atoms with Crippen molar-refractivity contribution in [3.63, 3.8) is 0 Å². The van der Waals surface area contributed by atoms with E-state index in [0.29, 0.717) is 13.0 Å². The predicted molar refractivity (Wildman–Crippen MR) is 46.7 cm³/mol. The topological polar surface area (TPSA) is 46.5 Å². The minimum atomic E-state index is -0.167. The van der Waals surface area contributed by atoms with Crippen molar-refractivity contribution >= 4 is 5.97 Å². The molecule has 1 unspecified atom stereocenters. The Labute approximate surface area is 73.7 Å². The van der Waals surface area contributed by atoms with Gasteiger partial charge in [0.15, 0.2) is 0 Å². The Morgan fingerprint density at radius 1 is 1.42 bits per heavy atom.